The van der Waals surface area contributed by atoms with Gasteiger partial charge in [0.05, 0.1) is 12.1 Å². The summed E-state index contributed by atoms with van der Waals surface area (Å²) < 4.78 is 13.3. The van der Waals surface area contributed by atoms with Crippen LogP contribution in [0.5, 0.6) is 5.75 Å². The van der Waals surface area contributed by atoms with E-state index < -0.39 is 0 Å². The van der Waals surface area contributed by atoms with Gasteiger partial charge in [0.2, 0.25) is 5.89 Å². The highest BCUT2D eigenvalue weighted by Gasteiger charge is 2.10. The fourth-order valence-electron chi connectivity index (χ4n) is 2.17. The molecule has 0 aliphatic rings. The molecule has 0 aliphatic heterocycles. The number of para-hydroxylation sites is 1. The highest BCUT2D eigenvalue weighted by molar-refractivity contribution is 7.71. The predicted octanol–water partition coefficient (Wildman–Crippen LogP) is 2.72. The lowest BCUT2D eigenvalue weighted by Gasteiger charge is -2.05. The number of imidazole rings is 1. The number of fused-ring (bicyclic) bond motifs is 1. The zero-order valence-electron chi connectivity index (χ0n) is 11.0. The van der Waals surface area contributed by atoms with E-state index in [1.165, 1.54) is 6.33 Å². The van der Waals surface area contributed by atoms with Crippen molar-refractivity contribution in [3.8, 4) is 5.75 Å². The van der Waals surface area contributed by atoms with Crippen LogP contribution in [0, 0.1) is 4.77 Å². The molecule has 20 heavy (non-hydrogen) atoms. The standard InChI is InChI=1S/C13H14N4O2S/c1-2-18-10-5-3-4-9-12(10)16-13(20)17(9)7-6-11-14-8-15-19-11/h3-5,8H,2,6-7H2,1H3,(H,16,20). The normalized spacial score (nSPS) is 11.1. The molecule has 3 aromatic rings. The van der Waals surface area contributed by atoms with Crippen molar-refractivity contribution in [2.24, 2.45) is 0 Å². The highest BCUT2D eigenvalue weighted by atomic mass is 32.1. The van der Waals surface area contributed by atoms with Gasteiger partial charge in [0.1, 0.15) is 11.3 Å². The highest BCUT2D eigenvalue weighted by Crippen LogP contribution is 2.25. The van der Waals surface area contributed by atoms with Gasteiger partial charge in [-0.2, -0.15) is 4.98 Å². The molecule has 0 unspecified atom stereocenters. The lowest BCUT2D eigenvalue weighted by Crippen LogP contribution is -2.01. The maximum atomic E-state index is 5.61. The van der Waals surface area contributed by atoms with E-state index in [0.717, 1.165) is 16.8 Å². The smallest absolute Gasteiger partial charge is 0.228 e. The summed E-state index contributed by atoms with van der Waals surface area (Å²) in [5.41, 5.74) is 1.94. The third kappa shape index (κ3) is 2.32. The van der Waals surface area contributed by atoms with Crippen LogP contribution in [0.4, 0.5) is 0 Å². The summed E-state index contributed by atoms with van der Waals surface area (Å²) >= 11 is 5.38. The number of ether oxygens (including phenoxy) is 1. The van der Waals surface area contributed by atoms with Crippen molar-refractivity contribution in [2.75, 3.05) is 6.61 Å². The van der Waals surface area contributed by atoms with Crippen molar-refractivity contribution in [1.29, 1.82) is 0 Å². The molecular formula is C13H14N4O2S. The van der Waals surface area contributed by atoms with E-state index in [1.807, 2.05) is 29.7 Å². The van der Waals surface area contributed by atoms with E-state index in [9.17, 15) is 0 Å². The van der Waals surface area contributed by atoms with E-state index in [1.54, 1.807) is 0 Å². The number of rotatable bonds is 5. The Labute approximate surface area is 120 Å². The van der Waals surface area contributed by atoms with Crippen LogP contribution in [-0.2, 0) is 13.0 Å². The molecule has 0 bridgehead atoms. The van der Waals surface area contributed by atoms with E-state index in [2.05, 4.69) is 15.1 Å². The molecule has 1 aromatic carbocycles. The molecule has 0 radical (unpaired) electrons. The van der Waals surface area contributed by atoms with Crippen molar-refractivity contribution in [3.05, 3.63) is 35.2 Å². The molecule has 1 N–H and O–H groups in total. The number of aryl methyl sites for hydroxylation is 2. The van der Waals surface area contributed by atoms with Gasteiger partial charge in [0, 0.05) is 13.0 Å². The number of nitrogens with zero attached hydrogens (tertiary/aromatic N) is 3. The van der Waals surface area contributed by atoms with E-state index >= 15 is 0 Å². The third-order valence-electron chi connectivity index (χ3n) is 3.03. The topological polar surface area (TPSA) is 68.9 Å². The van der Waals surface area contributed by atoms with Crippen LogP contribution in [0.2, 0.25) is 0 Å². The third-order valence-corrected chi connectivity index (χ3v) is 3.35. The second-order valence-electron chi connectivity index (χ2n) is 4.25. The summed E-state index contributed by atoms with van der Waals surface area (Å²) in [5.74, 6) is 1.41. The van der Waals surface area contributed by atoms with Gasteiger partial charge in [-0.25, -0.2) is 0 Å². The van der Waals surface area contributed by atoms with Crippen LogP contribution in [0.1, 0.15) is 12.8 Å². The summed E-state index contributed by atoms with van der Waals surface area (Å²) in [4.78, 5) is 7.21. The monoisotopic (exact) mass is 290 g/mol. The van der Waals surface area contributed by atoms with Crippen LogP contribution in [0.25, 0.3) is 11.0 Å². The Balaban J connectivity index is 1.96. The van der Waals surface area contributed by atoms with Gasteiger partial charge in [0.25, 0.3) is 0 Å². The first kappa shape index (κ1) is 12.9. The van der Waals surface area contributed by atoms with E-state index in [0.29, 0.717) is 30.2 Å². The number of H-pyrrole nitrogens is 1. The Morgan fingerprint density at radius 3 is 3.10 bits per heavy atom. The molecule has 104 valence electrons. The molecule has 0 fully saturated rings. The summed E-state index contributed by atoms with van der Waals surface area (Å²) in [6.07, 6.45) is 2.04. The molecule has 6 nitrogen and oxygen atoms in total. The van der Waals surface area contributed by atoms with Gasteiger partial charge in [-0.3, -0.25) is 0 Å². The zero-order valence-corrected chi connectivity index (χ0v) is 11.8. The van der Waals surface area contributed by atoms with Crippen LogP contribution in [0.15, 0.2) is 29.0 Å². The van der Waals surface area contributed by atoms with Crippen molar-refractivity contribution in [3.63, 3.8) is 0 Å². The molecule has 0 saturated heterocycles. The first-order valence-electron chi connectivity index (χ1n) is 6.39. The number of aromatic amines is 1. The lowest BCUT2D eigenvalue weighted by molar-refractivity contribution is 0.343. The van der Waals surface area contributed by atoms with Gasteiger partial charge in [-0.15, -0.1) is 0 Å². The maximum absolute atomic E-state index is 5.61. The van der Waals surface area contributed by atoms with E-state index in [4.69, 9.17) is 21.5 Å². The molecule has 0 saturated carbocycles. The summed E-state index contributed by atoms with van der Waals surface area (Å²) in [6.45, 7) is 3.25. The minimum Gasteiger partial charge on any atom is -0.492 e. The summed E-state index contributed by atoms with van der Waals surface area (Å²) in [5, 5.41) is 3.60. The second kappa shape index (κ2) is 5.46. The van der Waals surface area contributed by atoms with E-state index in [-0.39, 0.29) is 0 Å². The molecule has 2 aromatic heterocycles. The Kier molecular flexibility index (Phi) is 3.51. The largest absolute Gasteiger partial charge is 0.492 e. The maximum Gasteiger partial charge on any atom is 0.228 e. The quantitative estimate of drug-likeness (QED) is 0.732. The molecule has 3 rings (SSSR count). The molecule has 2 heterocycles. The predicted molar refractivity (Wildman–Crippen MR) is 76.3 cm³/mol. The van der Waals surface area contributed by atoms with Gasteiger partial charge in [-0.05, 0) is 31.3 Å². The number of benzene rings is 1. The molecular weight excluding hydrogens is 276 g/mol. The first-order valence-corrected chi connectivity index (χ1v) is 6.80. The number of hydrogen-bond donors (Lipinski definition) is 1. The number of aromatic nitrogens is 4. The fraction of sp³-hybridized carbons (Fsp3) is 0.308. The lowest BCUT2D eigenvalue weighted by atomic mass is 10.3. The van der Waals surface area contributed by atoms with Crippen molar-refractivity contribution in [2.45, 2.75) is 19.9 Å². The molecule has 0 amide bonds. The Hall–Kier alpha value is -2.15. The first-order chi connectivity index (χ1) is 9.79. The van der Waals surface area contributed by atoms with Crippen molar-refractivity contribution < 1.29 is 9.26 Å². The van der Waals surface area contributed by atoms with Gasteiger partial charge in [-0.1, -0.05) is 11.2 Å². The number of hydrogen-bond acceptors (Lipinski definition) is 5. The Morgan fingerprint density at radius 2 is 2.35 bits per heavy atom. The molecule has 7 heteroatoms. The molecule has 0 aliphatic carbocycles. The van der Waals surface area contributed by atoms with Crippen LogP contribution >= 0.6 is 12.2 Å². The molecule has 0 atom stereocenters. The summed E-state index contributed by atoms with van der Waals surface area (Å²) in [6, 6.07) is 5.90. The van der Waals surface area contributed by atoms with Gasteiger partial charge in [0.15, 0.2) is 11.1 Å². The van der Waals surface area contributed by atoms with Crippen molar-refractivity contribution in [1.82, 2.24) is 19.7 Å². The van der Waals surface area contributed by atoms with Gasteiger partial charge < -0.3 is 18.8 Å². The van der Waals surface area contributed by atoms with Crippen molar-refractivity contribution >= 4 is 23.3 Å². The second-order valence-corrected chi connectivity index (χ2v) is 4.64. The van der Waals surface area contributed by atoms with Crippen LogP contribution in [0.3, 0.4) is 0 Å². The van der Waals surface area contributed by atoms with Crippen LogP contribution in [-0.4, -0.2) is 26.3 Å². The minimum atomic E-state index is 0.599. The zero-order chi connectivity index (χ0) is 13.9. The average Bonchev–Trinajstić information content (AvgIpc) is 3.05. The SMILES string of the molecule is CCOc1cccc2c1[nH]c(=S)n2CCc1ncno1. The average molecular weight is 290 g/mol. The van der Waals surface area contributed by atoms with Crippen LogP contribution < -0.4 is 4.74 Å². The minimum absolute atomic E-state index is 0.599. The Morgan fingerprint density at radius 1 is 1.45 bits per heavy atom. The van der Waals surface area contributed by atoms with Gasteiger partial charge >= 0.3 is 0 Å². The molecule has 0 spiro atoms. The Bertz CT molecular complexity index is 760. The summed E-state index contributed by atoms with van der Waals surface area (Å²) in [7, 11) is 0. The number of nitrogens with one attached hydrogen (secondary N) is 1. The fourth-order valence-corrected chi connectivity index (χ4v) is 2.46.